The third-order valence-electron chi connectivity index (χ3n) is 8.29. The number of rotatable bonds is 2. The molecule has 0 fully saturated rings. The number of methoxy groups -OCH3 is 1. The summed E-state index contributed by atoms with van der Waals surface area (Å²) in [7, 11) is -6.15. The van der Waals surface area contributed by atoms with Gasteiger partial charge in [-0.25, -0.2) is 16.8 Å². The Hall–Kier alpha value is -3.07. The molecule has 0 saturated heterocycles. The quantitative estimate of drug-likeness (QED) is 0.407. The molecule has 8 heteroatoms. The second kappa shape index (κ2) is 7.07. The first-order chi connectivity index (χ1) is 17.6. The van der Waals surface area contributed by atoms with Crippen LogP contribution in [-0.2, 0) is 19.7 Å². The number of benzene rings is 3. The van der Waals surface area contributed by atoms with Gasteiger partial charge in [0.25, 0.3) is 0 Å². The summed E-state index contributed by atoms with van der Waals surface area (Å²) in [6, 6.07) is 21.4. The van der Waals surface area contributed by atoms with Crippen molar-refractivity contribution in [2.45, 2.75) is 33.1 Å². The second-order valence-corrected chi connectivity index (χ2v) is 15.5. The summed E-state index contributed by atoms with van der Waals surface area (Å²) < 4.78 is 59.9. The predicted octanol–water partition coefficient (Wildman–Crippen LogP) is 5.75. The SMILES string of the molecule is COc1ccc(C2=CC3=C4C(=C5c6ccccc6S(=O)(=O)C5(C)C3(C)S2)c2ccccc2S4(=O)=O)cc1. The highest BCUT2D eigenvalue weighted by Crippen LogP contribution is 2.71. The number of sulfone groups is 2. The Bertz CT molecular complexity index is 1880. The molecule has 0 bridgehead atoms. The second-order valence-electron chi connectivity index (χ2n) is 9.90. The zero-order chi connectivity index (χ0) is 26.0. The van der Waals surface area contributed by atoms with Crippen molar-refractivity contribution in [2.75, 3.05) is 7.11 Å². The molecule has 0 aromatic heterocycles. The van der Waals surface area contributed by atoms with E-state index in [1.54, 1.807) is 56.5 Å². The van der Waals surface area contributed by atoms with E-state index in [2.05, 4.69) is 0 Å². The van der Waals surface area contributed by atoms with Crippen LogP contribution in [0.2, 0.25) is 0 Å². The average Bonchev–Trinajstić information content (AvgIpc) is 3.43. The fraction of sp³-hybridized carbons (Fsp3) is 0.172. The maximum atomic E-state index is 14.4. The van der Waals surface area contributed by atoms with Gasteiger partial charge in [0, 0.05) is 16.0 Å². The topological polar surface area (TPSA) is 77.5 Å². The number of hydrogen-bond donors (Lipinski definition) is 0. The zero-order valence-corrected chi connectivity index (χ0v) is 22.7. The minimum absolute atomic E-state index is 0.227. The van der Waals surface area contributed by atoms with E-state index in [9.17, 15) is 16.8 Å². The molecule has 2 unspecified atom stereocenters. The molecule has 7 rings (SSSR count). The van der Waals surface area contributed by atoms with Gasteiger partial charge in [-0.15, -0.1) is 11.8 Å². The Labute approximate surface area is 220 Å². The van der Waals surface area contributed by atoms with E-state index in [0.717, 1.165) is 10.5 Å². The van der Waals surface area contributed by atoms with Crippen molar-refractivity contribution < 1.29 is 21.6 Å². The van der Waals surface area contributed by atoms with Crippen molar-refractivity contribution in [3.05, 3.63) is 106 Å². The molecular weight excluding hydrogens is 525 g/mol. The number of allylic oxidation sites excluding steroid dienone is 2. The maximum absolute atomic E-state index is 14.4. The summed E-state index contributed by atoms with van der Waals surface area (Å²) in [5, 5.41) is 0. The van der Waals surface area contributed by atoms with Gasteiger partial charge in [-0.05, 0) is 66.5 Å². The molecule has 2 atom stereocenters. The smallest absolute Gasteiger partial charge is 0.208 e. The molecule has 3 aromatic rings. The lowest BCUT2D eigenvalue weighted by atomic mass is 9.71. The highest BCUT2D eigenvalue weighted by molar-refractivity contribution is 8.11. The normalized spacial score (nSPS) is 27.7. The molecule has 0 saturated carbocycles. The molecule has 0 spiro atoms. The van der Waals surface area contributed by atoms with Crippen LogP contribution < -0.4 is 4.74 Å². The Balaban J connectivity index is 1.63. The molecule has 186 valence electrons. The van der Waals surface area contributed by atoms with E-state index < -0.39 is 29.2 Å². The summed E-state index contributed by atoms with van der Waals surface area (Å²) >= 11 is 1.42. The van der Waals surface area contributed by atoms with Crippen molar-refractivity contribution in [1.82, 2.24) is 0 Å². The molecule has 3 aromatic carbocycles. The molecule has 1 aliphatic carbocycles. The summed E-state index contributed by atoms with van der Waals surface area (Å²) in [4.78, 5) is 1.53. The lowest BCUT2D eigenvalue weighted by Crippen LogP contribution is -2.53. The third-order valence-corrected chi connectivity index (χ3v) is 14.5. The first-order valence-electron chi connectivity index (χ1n) is 11.8. The van der Waals surface area contributed by atoms with Gasteiger partial charge in [-0.1, -0.05) is 48.5 Å². The van der Waals surface area contributed by atoms with Gasteiger partial charge in [-0.2, -0.15) is 0 Å². The van der Waals surface area contributed by atoms with Gasteiger partial charge in [0.2, 0.25) is 9.84 Å². The Morgan fingerprint density at radius 1 is 0.784 bits per heavy atom. The van der Waals surface area contributed by atoms with Gasteiger partial charge in [0.15, 0.2) is 9.84 Å². The van der Waals surface area contributed by atoms with Gasteiger partial charge in [0.05, 0.1) is 26.6 Å². The summed E-state index contributed by atoms with van der Waals surface area (Å²) in [6.45, 7) is 3.65. The van der Waals surface area contributed by atoms with E-state index in [1.165, 1.54) is 11.8 Å². The highest BCUT2D eigenvalue weighted by Gasteiger charge is 2.69. The first kappa shape index (κ1) is 23.1. The molecule has 4 aliphatic rings. The molecule has 37 heavy (non-hydrogen) atoms. The van der Waals surface area contributed by atoms with Crippen LogP contribution in [0, 0.1) is 0 Å². The van der Waals surface area contributed by atoms with Gasteiger partial charge in [-0.3, -0.25) is 0 Å². The number of ether oxygens (including phenoxy) is 1. The molecule has 5 nitrogen and oxygen atoms in total. The van der Waals surface area contributed by atoms with E-state index in [0.29, 0.717) is 33.6 Å². The summed E-state index contributed by atoms with van der Waals surface area (Å²) in [5.41, 5.74) is 3.67. The van der Waals surface area contributed by atoms with Gasteiger partial charge >= 0.3 is 0 Å². The van der Waals surface area contributed by atoms with Crippen LogP contribution in [-0.4, -0.2) is 33.4 Å². The maximum Gasteiger partial charge on any atom is 0.208 e. The Morgan fingerprint density at radius 2 is 1.41 bits per heavy atom. The third kappa shape index (κ3) is 2.51. The van der Waals surface area contributed by atoms with Crippen LogP contribution >= 0.6 is 11.8 Å². The Morgan fingerprint density at radius 3 is 2.08 bits per heavy atom. The van der Waals surface area contributed by atoms with Gasteiger partial charge in [0.1, 0.15) is 10.5 Å². The fourth-order valence-electron chi connectivity index (χ4n) is 6.30. The van der Waals surface area contributed by atoms with Crippen LogP contribution in [0.15, 0.2) is 99.1 Å². The fourth-order valence-corrected chi connectivity index (χ4v) is 12.5. The molecule has 0 amide bonds. The van der Waals surface area contributed by atoms with E-state index >= 15 is 0 Å². The molecule has 0 N–H and O–H groups in total. The van der Waals surface area contributed by atoms with E-state index in [4.69, 9.17) is 4.74 Å². The lowest BCUT2D eigenvalue weighted by Gasteiger charge is -2.45. The van der Waals surface area contributed by atoms with Crippen molar-refractivity contribution in [3.8, 4) is 5.75 Å². The lowest BCUT2D eigenvalue weighted by molar-refractivity contribution is 0.415. The highest BCUT2D eigenvalue weighted by atomic mass is 32.2. The standard InChI is InChI=1S/C29H22O5S3/c1-28-21(16-22(35-28)17-12-14-18(34-3)15-13-17)27-25(19-8-4-6-10-23(19)36(27,30)31)26-20-9-5-7-11-24(20)37(32,33)29(26,28)2/h4-16H,1-3H3. The first-order valence-corrected chi connectivity index (χ1v) is 15.6. The van der Waals surface area contributed by atoms with E-state index in [1.807, 2.05) is 43.3 Å². The largest absolute Gasteiger partial charge is 0.497 e. The molecule has 3 heterocycles. The van der Waals surface area contributed by atoms with Gasteiger partial charge < -0.3 is 4.74 Å². The van der Waals surface area contributed by atoms with Crippen molar-refractivity contribution in [1.29, 1.82) is 0 Å². The Kier molecular flexibility index (Phi) is 4.41. The minimum Gasteiger partial charge on any atom is -0.497 e. The zero-order valence-electron chi connectivity index (χ0n) is 20.3. The summed E-state index contributed by atoms with van der Waals surface area (Å²) in [6.07, 6.45) is 1.88. The van der Waals surface area contributed by atoms with Crippen LogP contribution in [0.1, 0.15) is 30.5 Å². The monoisotopic (exact) mass is 546 g/mol. The number of hydrogen-bond acceptors (Lipinski definition) is 6. The average molecular weight is 547 g/mol. The molecule has 3 aliphatic heterocycles. The van der Waals surface area contributed by atoms with Crippen LogP contribution in [0.3, 0.4) is 0 Å². The minimum atomic E-state index is -3.87. The van der Waals surface area contributed by atoms with Crippen LogP contribution in [0.25, 0.3) is 16.1 Å². The number of fused-ring (bicyclic) bond motifs is 8. The molecule has 0 radical (unpaired) electrons. The van der Waals surface area contributed by atoms with Crippen LogP contribution in [0.4, 0.5) is 0 Å². The van der Waals surface area contributed by atoms with Crippen molar-refractivity contribution >= 4 is 47.5 Å². The molecular formula is C29H22O5S3. The van der Waals surface area contributed by atoms with Crippen LogP contribution in [0.5, 0.6) is 5.75 Å². The van der Waals surface area contributed by atoms with Crippen molar-refractivity contribution in [2.24, 2.45) is 0 Å². The predicted molar refractivity (Wildman–Crippen MR) is 146 cm³/mol. The number of thioether (sulfide) groups is 1. The van der Waals surface area contributed by atoms with Crippen molar-refractivity contribution in [3.63, 3.8) is 0 Å². The summed E-state index contributed by atoms with van der Waals surface area (Å²) in [5.74, 6) is 0.707. The van der Waals surface area contributed by atoms with E-state index in [-0.39, 0.29) is 14.7 Å².